The van der Waals surface area contributed by atoms with Crippen LogP contribution in [0.5, 0.6) is 5.75 Å². The molecule has 3 rings (SSSR count). The molecule has 0 aliphatic rings. The Morgan fingerprint density at radius 2 is 1.73 bits per heavy atom. The number of rotatable bonds is 14. The first-order chi connectivity index (χ1) is 21.2. The first kappa shape index (κ1) is 35.6. The largest absolute Gasteiger partial charge is 0.495 e. The van der Waals surface area contributed by atoms with Gasteiger partial charge in [0.05, 0.1) is 22.6 Å². The van der Waals surface area contributed by atoms with E-state index >= 15 is 0 Å². The summed E-state index contributed by atoms with van der Waals surface area (Å²) in [4.78, 5) is 39.6. The minimum absolute atomic E-state index is 0.0728. The van der Waals surface area contributed by atoms with Gasteiger partial charge >= 0.3 is 0 Å². The van der Waals surface area contributed by atoms with Crippen LogP contribution in [0.1, 0.15) is 44.7 Å². The molecule has 0 spiro atoms. The maximum atomic E-state index is 14.3. The Balaban J connectivity index is 2.20. The molecule has 0 saturated carbocycles. The number of nitro benzene ring substituents is 1. The highest BCUT2D eigenvalue weighted by molar-refractivity contribution is 7.92. The van der Waals surface area contributed by atoms with Gasteiger partial charge in [-0.3, -0.25) is 24.0 Å². The number of carbonyl (C=O) groups excluding carboxylic acids is 2. The standard InChI is InChI=1S/C31H36Cl2N4O7S/c1-6-21(4)34-31(39)26(7-2)35(18-22-10-8-9-11-25(22)33)30(38)19-36(28-16-23(32)13-15-29(28)44-5)45(42,43)24-14-12-20(3)27(17-24)37(40)41/h8-17,21,26H,6-7,18-19H2,1-5H3,(H,34,39). The molecule has 1 N–H and O–H groups in total. The number of carbonyl (C=O) groups is 2. The smallest absolute Gasteiger partial charge is 0.273 e. The average Bonchev–Trinajstić information content (AvgIpc) is 3.00. The molecule has 14 heteroatoms. The number of methoxy groups -OCH3 is 1. The van der Waals surface area contributed by atoms with Crippen molar-refractivity contribution in [1.29, 1.82) is 0 Å². The fourth-order valence-corrected chi connectivity index (χ4v) is 6.41. The number of nitrogens with one attached hydrogen (secondary N) is 1. The molecule has 242 valence electrons. The summed E-state index contributed by atoms with van der Waals surface area (Å²) in [5.74, 6) is -1.05. The van der Waals surface area contributed by atoms with E-state index in [0.29, 0.717) is 17.0 Å². The van der Waals surface area contributed by atoms with E-state index in [1.54, 1.807) is 31.2 Å². The lowest BCUT2D eigenvalue weighted by atomic mass is 10.1. The quantitative estimate of drug-likeness (QED) is 0.160. The van der Waals surface area contributed by atoms with Crippen molar-refractivity contribution in [2.75, 3.05) is 18.0 Å². The van der Waals surface area contributed by atoms with Gasteiger partial charge in [0.25, 0.3) is 15.7 Å². The molecule has 2 unspecified atom stereocenters. The van der Waals surface area contributed by atoms with Crippen LogP contribution in [-0.4, -0.2) is 55.8 Å². The van der Waals surface area contributed by atoms with Crippen molar-refractivity contribution >= 4 is 56.4 Å². The van der Waals surface area contributed by atoms with Gasteiger partial charge in [-0.05, 0) is 62.6 Å². The average molecular weight is 680 g/mol. The van der Waals surface area contributed by atoms with Gasteiger partial charge < -0.3 is 15.0 Å². The van der Waals surface area contributed by atoms with Gasteiger partial charge in [-0.15, -0.1) is 0 Å². The molecule has 0 radical (unpaired) electrons. The Kier molecular flexibility index (Phi) is 12.2. The van der Waals surface area contributed by atoms with Crippen molar-refractivity contribution < 1.29 is 27.7 Å². The van der Waals surface area contributed by atoms with Crippen LogP contribution in [0.15, 0.2) is 65.6 Å². The van der Waals surface area contributed by atoms with E-state index in [9.17, 15) is 28.1 Å². The van der Waals surface area contributed by atoms with Gasteiger partial charge in [0.1, 0.15) is 18.3 Å². The predicted octanol–water partition coefficient (Wildman–Crippen LogP) is 6.14. The second-order valence-corrected chi connectivity index (χ2v) is 13.1. The highest BCUT2D eigenvalue weighted by Gasteiger charge is 2.36. The highest BCUT2D eigenvalue weighted by Crippen LogP contribution is 2.36. The maximum Gasteiger partial charge on any atom is 0.273 e. The molecule has 3 aromatic rings. The summed E-state index contributed by atoms with van der Waals surface area (Å²) in [6.07, 6.45) is 0.875. The number of benzene rings is 3. The highest BCUT2D eigenvalue weighted by atomic mass is 35.5. The molecular formula is C31H36Cl2N4O7S. The van der Waals surface area contributed by atoms with Gasteiger partial charge in [0, 0.05) is 34.3 Å². The zero-order valence-electron chi connectivity index (χ0n) is 25.6. The third-order valence-electron chi connectivity index (χ3n) is 7.34. The maximum absolute atomic E-state index is 14.3. The lowest BCUT2D eigenvalue weighted by Gasteiger charge is -2.34. The molecule has 0 heterocycles. The first-order valence-electron chi connectivity index (χ1n) is 14.2. The molecule has 2 atom stereocenters. The fourth-order valence-electron chi connectivity index (χ4n) is 4.62. The summed E-state index contributed by atoms with van der Waals surface area (Å²) < 4.78 is 34.7. The Morgan fingerprint density at radius 3 is 2.33 bits per heavy atom. The third-order valence-corrected chi connectivity index (χ3v) is 9.70. The predicted molar refractivity (Wildman–Crippen MR) is 174 cm³/mol. The lowest BCUT2D eigenvalue weighted by molar-refractivity contribution is -0.385. The summed E-state index contributed by atoms with van der Waals surface area (Å²) in [6.45, 7) is 6.09. The van der Waals surface area contributed by atoms with Crippen LogP contribution in [-0.2, 0) is 26.2 Å². The van der Waals surface area contributed by atoms with Crippen LogP contribution in [0.3, 0.4) is 0 Å². The van der Waals surface area contributed by atoms with E-state index in [0.717, 1.165) is 10.4 Å². The van der Waals surface area contributed by atoms with Crippen molar-refractivity contribution in [2.45, 2.75) is 64.1 Å². The molecule has 0 aliphatic heterocycles. The number of sulfonamides is 1. The number of hydrogen-bond donors (Lipinski definition) is 1. The minimum Gasteiger partial charge on any atom is -0.495 e. The molecular weight excluding hydrogens is 643 g/mol. The number of ether oxygens (including phenoxy) is 1. The Labute approximate surface area is 273 Å². The number of hydrogen-bond acceptors (Lipinski definition) is 7. The number of amides is 2. The van der Waals surface area contributed by atoms with E-state index < -0.39 is 49.9 Å². The van der Waals surface area contributed by atoms with Crippen LogP contribution in [0.2, 0.25) is 10.0 Å². The number of nitro groups is 1. The topological polar surface area (TPSA) is 139 Å². The Hall–Kier alpha value is -3.87. The summed E-state index contributed by atoms with van der Waals surface area (Å²) >= 11 is 12.7. The summed E-state index contributed by atoms with van der Waals surface area (Å²) in [7, 11) is -3.32. The number of halogens is 2. The van der Waals surface area contributed by atoms with E-state index in [1.165, 1.54) is 49.3 Å². The normalized spacial score (nSPS) is 12.6. The van der Waals surface area contributed by atoms with E-state index in [4.69, 9.17) is 27.9 Å². The van der Waals surface area contributed by atoms with Gasteiger partial charge in [0.2, 0.25) is 11.8 Å². The zero-order valence-corrected chi connectivity index (χ0v) is 27.9. The zero-order chi connectivity index (χ0) is 33.5. The molecule has 0 aromatic heterocycles. The molecule has 3 aromatic carbocycles. The molecule has 0 fully saturated rings. The molecule has 11 nitrogen and oxygen atoms in total. The second-order valence-electron chi connectivity index (χ2n) is 10.4. The van der Waals surface area contributed by atoms with E-state index in [-0.39, 0.29) is 41.0 Å². The van der Waals surface area contributed by atoms with E-state index in [2.05, 4.69) is 5.32 Å². The lowest BCUT2D eigenvalue weighted by Crippen LogP contribution is -2.53. The molecule has 2 amide bonds. The Morgan fingerprint density at radius 1 is 1.04 bits per heavy atom. The Bertz CT molecular complexity index is 1670. The number of aryl methyl sites for hydroxylation is 1. The van der Waals surface area contributed by atoms with Crippen molar-refractivity contribution in [2.24, 2.45) is 0 Å². The molecule has 0 saturated heterocycles. The van der Waals surface area contributed by atoms with Crippen LogP contribution >= 0.6 is 23.2 Å². The fraction of sp³-hybridized carbons (Fsp3) is 0.355. The van der Waals surface area contributed by atoms with Crippen LogP contribution in [0.4, 0.5) is 11.4 Å². The second kappa shape index (κ2) is 15.4. The van der Waals surface area contributed by atoms with Crippen molar-refractivity contribution in [1.82, 2.24) is 10.2 Å². The van der Waals surface area contributed by atoms with Gasteiger partial charge in [-0.25, -0.2) is 8.42 Å². The van der Waals surface area contributed by atoms with Crippen LogP contribution < -0.4 is 14.4 Å². The minimum atomic E-state index is -4.65. The van der Waals surface area contributed by atoms with Crippen molar-refractivity contribution in [3.63, 3.8) is 0 Å². The monoisotopic (exact) mass is 678 g/mol. The molecule has 0 aliphatic carbocycles. The van der Waals surface area contributed by atoms with E-state index in [1.807, 2.05) is 13.8 Å². The van der Waals surface area contributed by atoms with Gasteiger partial charge in [-0.1, -0.05) is 61.3 Å². The third kappa shape index (κ3) is 8.44. The van der Waals surface area contributed by atoms with Crippen LogP contribution in [0, 0.1) is 17.0 Å². The molecule has 0 bridgehead atoms. The number of nitrogens with zero attached hydrogens (tertiary/aromatic N) is 3. The summed E-state index contributed by atoms with van der Waals surface area (Å²) in [5, 5.41) is 15.1. The SMILES string of the molecule is CCC(C)NC(=O)C(CC)N(Cc1ccccc1Cl)C(=O)CN(c1cc(Cl)ccc1OC)S(=O)(=O)c1ccc(C)c([N+](=O)[O-])c1. The number of anilines is 1. The van der Waals surface area contributed by atoms with Gasteiger partial charge in [0.15, 0.2) is 0 Å². The molecule has 45 heavy (non-hydrogen) atoms. The van der Waals surface area contributed by atoms with Crippen molar-refractivity contribution in [3.8, 4) is 5.75 Å². The van der Waals surface area contributed by atoms with Crippen molar-refractivity contribution in [3.05, 3.63) is 92.0 Å². The van der Waals surface area contributed by atoms with Gasteiger partial charge in [-0.2, -0.15) is 0 Å². The summed E-state index contributed by atoms with van der Waals surface area (Å²) in [6, 6.07) is 13.4. The van der Waals surface area contributed by atoms with Crippen LogP contribution in [0.25, 0.3) is 0 Å². The summed E-state index contributed by atoms with van der Waals surface area (Å²) in [5.41, 5.74) is 0.321. The first-order valence-corrected chi connectivity index (χ1v) is 16.4.